The summed E-state index contributed by atoms with van der Waals surface area (Å²) in [5.41, 5.74) is 2.07. The van der Waals surface area contributed by atoms with E-state index < -0.39 is 0 Å². The zero-order valence-electron chi connectivity index (χ0n) is 17.8. The van der Waals surface area contributed by atoms with Gasteiger partial charge < -0.3 is 14.2 Å². The largest absolute Gasteiger partial charge is 0.378 e. The van der Waals surface area contributed by atoms with Crippen LogP contribution in [0.1, 0.15) is 63.2 Å². The summed E-state index contributed by atoms with van der Waals surface area (Å²) in [5.74, 6) is 0.651. The molecule has 1 aliphatic heterocycles. The van der Waals surface area contributed by atoms with Crippen molar-refractivity contribution >= 4 is 16.7 Å². The molecule has 1 aromatic carbocycles. The Hall–Kier alpha value is -1.65. The van der Waals surface area contributed by atoms with Crippen LogP contribution < -0.4 is 0 Å². The molecular weight excluding hydrogens is 348 g/mol. The molecule has 0 spiro atoms. The standard InChI is InChI=1S/C24H36N2O2/c1-4-16-28-20-10-14-25(15-11-20)12-7-13-26-18-22(24(27)17-19(2)3)21-8-5-6-9-23(21)26/h5-6,8-9,18-20H,4,7,10-17H2,1-3H3. The number of piperidine rings is 1. The fraction of sp³-hybridized carbons (Fsp3) is 0.625. The molecule has 1 aromatic heterocycles. The number of benzene rings is 1. The molecule has 0 unspecified atom stereocenters. The molecule has 28 heavy (non-hydrogen) atoms. The molecule has 1 fully saturated rings. The number of carbonyl (C=O) groups is 1. The van der Waals surface area contributed by atoms with Gasteiger partial charge in [-0.25, -0.2) is 0 Å². The lowest BCUT2D eigenvalue weighted by Gasteiger charge is -2.31. The Balaban J connectivity index is 1.56. The molecule has 0 N–H and O–H groups in total. The first-order valence-corrected chi connectivity index (χ1v) is 11.0. The minimum absolute atomic E-state index is 0.263. The number of hydrogen-bond acceptors (Lipinski definition) is 3. The normalized spacial score (nSPS) is 16.3. The lowest BCUT2D eigenvalue weighted by Crippen LogP contribution is -2.37. The van der Waals surface area contributed by atoms with Crippen molar-refractivity contribution in [3.63, 3.8) is 0 Å². The molecule has 0 amide bonds. The number of aromatic nitrogens is 1. The molecule has 4 heteroatoms. The summed E-state index contributed by atoms with van der Waals surface area (Å²) in [6.45, 7) is 11.6. The van der Waals surface area contributed by atoms with E-state index in [4.69, 9.17) is 4.74 Å². The van der Waals surface area contributed by atoms with Crippen molar-refractivity contribution in [2.75, 3.05) is 26.2 Å². The number of para-hydroxylation sites is 1. The number of hydrogen-bond donors (Lipinski definition) is 0. The van der Waals surface area contributed by atoms with Crippen LogP contribution in [0.4, 0.5) is 0 Å². The third-order valence-electron chi connectivity index (χ3n) is 5.65. The van der Waals surface area contributed by atoms with Crippen LogP contribution in [0.5, 0.6) is 0 Å². The van der Waals surface area contributed by atoms with Crippen LogP contribution in [-0.2, 0) is 11.3 Å². The van der Waals surface area contributed by atoms with E-state index >= 15 is 0 Å². The highest BCUT2D eigenvalue weighted by molar-refractivity contribution is 6.08. The maximum atomic E-state index is 12.7. The molecule has 0 aliphatic carbocycles. The summed E-state index contributed by atoms with van der Waals surface area (Å²) in [5, 5.41) is 1.10. The molecule has 154 valence electrons. The van der Waals surface area contributed by atoms with Crippen molar-refractivity contribution in [2.45, 2.75) is 65.5 Å². The Morgan fingerprint density at radius 3 is 2.64 bits per heavy atom. The molecule has 1 aliphatic rings. The van der Waals surface area contributed by atoms with Gasteiger partial charge in [-0.1, -0.05) is 39.0 Å². The third kappa shape index (κ3) is 5.45. The van der Waals surface area contributed by atoms with E-state index in [0.29, 0.717) is 18.4 Å². The fourth-order valence-electron chi connectivity index (χ4n) is 4.18. The third-order valence-corrected chi connectivity index (χ3v) is 5.65. The number of likely N-dealkylation sites (tertiary alicyclic amines) is 1. The molecule has 0 saturated carbocycles. The predicted molar refractivity (Wildman–Crippen MR) is 116 cm³/mol. The first-order valence-electron chi connectivity index (χ1n) is 11.0. The quantitative estimate of drug-likeness (QED) is 0.531. The maximum absolute atomic E-state index is 12.7. The second-order valence-corrected chi connectivity index (χ2v) is 8.54. The van der Waals surface area contributed by atoms with Crippen molar-refractivity contribution < 1.29 is 9.53 Å². The van der Waals surface area contributed by atoms with Crippen LogP contribution in [0.25, 0.3) is 10.9 Å². The number of Topliss-reactive ketones (excluding diaryl/α,β-unsaturated/α-hetero) is 1. The Kier molecular flexibility index (Phi) is 7.69. The van der Waals surface area contributed by atoms with E-state index in [0.717, 1.165) is 69.4 Å². The Morgan fingerprint density at radius 1 is 1.18 bits per heavy atom. The smallest absolute Gasteiger partial charge is 0.165 e. The summed E-state index contributed by atoms with van der Waals surface area (Å²) in [7, 11) is 0. The molecule has 0 bridgehead atoms. The average Bonchev–Trinajstić information content (AvgIpc) is 3.06. The zero-order valence-corrected chi connectivity index (χ0v) is 17.8. The monoisotopic (exact) mass is 384 g/mol. The summed E-state index contributed by atoms with van der Waals surface area (Å²) >= 11 is 0. The second kappa shape index (κ2) is 10.2. The van der Waals surface area contributed by atoms with Gasteiger partial charge >= 0.3 is 0 Å². The van der Waals surface area contributed by atoms with Gasteiger partial charge in [0.1, 0.15) is 0 Å². The number of aryl methyl sites for hydroxylation is 1. The lowest BCUT2D eigenvalue weighted by atomic mass is 10.0. The van der Waals surface area contributed by atoms with Crippen LogP contribution in [0.3, 0.4) is 0 Å². The number of ketones is 1. The summed E-state index contributed by atoms with van der Waals surface area (Å²) in [4.78, 5) is 15.2. The number of nitrogens with zero attached hydrogens (tertiary/aromatic N) is 2. The van der Waals surface area contributed by atoms with Gasteiger partial charge in [0.15, 0.2) is 5.78 Å². The van der Waals surface area contributed by atoms with E-state index in [-0.39, 0.29) is 5.78 Å². The van der Waals surface area contributed by atoms with Crippen LogP contribution in [-0.4, -0.2) is 47.6 Å². The van der Waals surface area contributed by atoms with Gasteiger partial charge in [0.25, 0.3) is 0 Å². The van der Waals surface area contributed by atoms with Gasteiger partial charge in [0, 0.05) is 55.3 Å². The molecule has 2 heterocycles. The molecule has 0 atom stereocenters. The van der Waals surface area contributed by atoms with Crippen molar-refractivity contribution in [2.24, 2.45) is 5.92 Å². The van der Waals surface area contributed by atoms with Crippen LogP contribution in [0.15, 0.2) is 30.5 Å². The molecule has 4 nitrogen and oxygen atoms in total. The summed E-state index contributed by atoms with van der Waals surface area (Å²) in [6.07, 6.45) is 7.67. The zero-order chi connectivity index (χ0) is 19.9. The Morgan fingerprint density at radius 2 is 1.93 bits per heavy atom. The predicted octanol–water partition coefficient (Wildman–Crippen LogP) is 5.15. The van der Waals surface area contributed by atoms with Crippen molar-refractivity contribution in [3.05, 3.63) is 36.0 Å². The van der Waals surface area contributed by atoms with E-state index in [1.54, 1.807) is 0 Å². The van der Waals surface area contributed by atoms with E-state index in [1.807, 2.05) is 6.07 Å². The van der Waals surface area contributed by atoms with Crippen LogP contribution in [0, 0.1) is 5.92 Å². The maximum Gasteiger partial charge on any atom is 0.165 e. The molecule has 1 saturated heterocycles. The van der Waals surface area contributed by atoms with Gasteiger partial charge in [0.05, 0.1) is 6.10 Å². The molecule has 3 rings (SSSR count). The van der Waals surface area contributed by atoms with Gasteiger partial charge in [-0.05, 0) is 44.2 Å². The Bertz CT molecular complexity index is 757. The molecule has 2 aromatic rings. The van der Waals surface area contributed by atoms with Gasteiger partial charge in [-0.3, -0.25) is 4.79 Å². The number of rotatable bonds is 10. The van der Waals surface area contributed by atoms with Gasteiger partial charge in [-0.15, -0.1) is 0 Å². The fourth-order valence-corrected chi connectivity index (χ4v) is 4.18. The van der Waals surface area contributed by atoms with E-state index in [9.17, 15) is 4.79 Å². The van der Waals surface area contributed by atoms with Crippen molar-refractivity contribution in [1.82, 2.24) is 9.47 Å². The van der Waals surface area contributed by atoms with Gasteiger partial charge in [-0.2, -0.15) is 0 Å². The molecular formula is C24H36N2O2. The minimum Gasteiger partial charge on any atom is -0.378 e. The average molecular weight is 385 g/mol. The van der Waals surface area contributed by atoms with E-state index in [2.05, 4.69) is 54.6 Å². The lowest BCUT2D eigenvalue weighted by molar-refractivity contribution is 0.00759. The van der Waals surface area contributed by atoms with Crippen LogP contribution in [0.2, 0.25) is 0 Å². The minimum atomic E-state index is 0.263. The number of ether oxygens (including phenoxy) is 1. The van der Waals surface area contributed by atoms with E-state index in [1.165, 1.54) is 5.52 Å². The second-order valence-electron chi connectivity index (χ2n) is 8.54. The van der Waals surface area contributed by atoms with Crippen molar-refractivity contribution in [1.29, 1.82) is 0 Å². The van der Waals surface area contributed by atoms with Crippen molar-refractivity contribution in [3.8, 4) is 0 Å². The summed E-state index contributed by atoms with van der Waals surface area (Å²) in [6, 6.07) is 8.32. The SMILES string of the molecule is CCCOC1CCN(CCCn2cc(C(=O)CC(C)C)c3ccccc32)CC1. The number of fused-ring (bicyclic) bond motifs is 1. The van der Waals surface area contributed by atoms with Gasteiger partial charge in [0.2, 0.25) is 0 Å². The Labute approximate surface area is 169 Å². The van der Waals surface area contributed by atoms with Crippen LogP contribution >= 0.6 is 0 Å². The number of carbonyl (C=O) groups excluding carboxylic acids is 1. The molecule has 0 radical (unpaired) electrons. The summed E-state index contributed by atoms with van der Waals surface area (Å²) < 4.78 is 8.17. The topological polar surface area (TPSA) is 34.5 Å². The highest BCUT2D eigenvalue weighted by atomic mass is 16.5. The first-order chi connectivity index (χ1) is 13.6. The highest BCUT2D eigenvalue weighted by Crippen LogP contribution is 2.24. The first kappa shape index (κ1) is 21.1. The highest BCUT2D eigenvalue weighted by Gasteiger charge is 2.19.